The predicted octanol–water partition coefficient (Wildman–Crippen LogP) is 2.29. The van der Waals surface area contributed by atoms with E-state index in [2.05, 4.69) is 0 Å². The molecule has 5 nitrogen and oxygen atoms in total. The Morgan fingerprint density at radius 2 is 1.82 bits per heavy atom. The van der Waals surface area contributed by atoms with Gasteiger partial charge in [0.15, 0.2) is 5.78 Å². The average molecular weight is 308 g/mol. The van der Waals surface area contributed by atoms with Crippen LogP contribution in [0.3, 0.4) is 0 Å². The second-order valence-electron chi connectivity index (χ2n) is 6.38. The van der Waals surface area contributed by atoms with Gasteiger partial charge in [0, 0.05) is 5.41 Å². The smallest absolute Gasteiger partial charge is 0.310 e. The number of fused-ring (bicyclic) bond motifs is 2. The second-order valence-corrected chi connectivity index (χ2v) is 6.38. The van der Waals surface area contributed by atoms with E-state index in [-0.39, 0.29) is 24.9 Å². The molecule has 0 saturated heterocycles. The molecular weight excluding hydrogens is 284 g/mol. The van der Waals surface area contributed by atoms with Gasteiger partial charge in [0.25, 0.3) is 0 Å². The summed E-state index contributed by atoms with van der Waals surface area (Å²) in [7, 11) is 0. The molecule has 2 aliphatic carbocycles. The zero-order valence-electron chi connectivity index (χ0n) is 13.7. The number of esters is 2. The number of carbonyl (C=O) groups excluding carboxylic acids is 3. The highest BCUT2D eigenvalue weighted by Crippen LogP contribution is 2.52. The van der Waals surface area contributed by atoms with Crippen molar-refractivity contribution in [3.8, 4) is 0 Å². The molecule has 0 aromatic carbocycles. The van der Waals surface area contributed by atoms with Gasteiger partial charge in [0.05, 0.1) is 25.0 Å². The Bertz CT molecular complexity index is 521. The van der Waals surface area contributed by atoms with Crippen molar-refractivity contribution in [1.29, 1.82) is 0 Å². The van der Waals surface area contributed by atoms with E-state index in [4.69, 9.17) is 9.47 Å². The molecule has 2 aliphatic rings. The molecule has 2 bridgehead atoms. The van der Waals surface area contributed by atoms with E-state index in [0.29, 0.717) is 18.4 Å². The molecule has 0 amide bonds. The molecule has 0 aliphatic heterocycles. The fraction of sp³-hybridized carbons (Fsp3) is 0.706. The molecule has 0 radical (unpaired) electrons. The summed E-state index contributed by atoms with van der Waals surface area (Å²) in [4.78, 5) is 37.5. The van der Waals surface area contributed by atoms with Crippen molar-refractivity contribution in [3.05, 3.63) is 11.6 Å². The molecule has 22 heavy (non-hydrogen) atoms. The summed E-state index contributed by atoms with van der Waals surface area (Å²) in [5.41, 5.74) is -0.207. The van der Waals surface area contributed by atoms with Gasteiger partial charge in [-0.15, -0.1) is 0 Å². The van der Waals surface area contributed by atoms with Crippen LogP contribution in [0.2, 0.25) is 0 Å². The summed E-state index contributed by atoms with van der Waals surface area (Å²) in [5, 5.41) is 0. The number of hydrogen-bond acceptors (Lipinski definition) is 5. The van der Waals surface area contributed by atoms with Gasteiger partial charge in [-0.2, -0.15) is 0 Å². The predicted molar refractivity (Wildman–Crippen MR) is 79.8 cm³/mol. The number of ketones is 1. The number of carbonyl (C=O) groups is 3. The first kappa shape index (κ1) is 16.7. The van der Waals surface area contributed by atoms with Crippen molar-refractivity contribution in [3.63, 3.8) is 0 Å². The number of allylic oxidation sites excluding steroid dienone is 2. The summed E-state index contributed by atoms with van der Waals surface area (Å²) in [5.74, 6) is -2.18. The first-order valence-corrected chi connectivity index (χ1v) is 7.91. The fourth-order valence-electron chi connectivity index (χ4n) is 4.04. The fourth-order valence-corrected chi connectivity index (χ4v) is 4.04. The SMILES string of the molecule is CCOC(=O)[C@H]1C[C@H]2C=C(C)C(=O)[C@](C)(C2)[C@@H]1C(=O)OCC. The van der Waals surface area contributed by atoms with Gasteiger partial charge in [0.1, 0.15) is 0 Å². The summed E-state index contributed by atoms with van der Waals surface area (Å²) in [6.07, 6.45) is 3.04. The molecule has 0 heterocycles. The van der Waals surface area contributed by atoms with Crippen LogP contribution in [0.15, 0.2) is 11.6 Å². The van der Waals surface area contributed by atoms with Crippen LogP contribution in [0.1, 0.15) is 40.5 Å². The van der Waals surface area contributed by atoms with E-state index >= 15 is 0 Å². The van der Waals surface area contributed by atoms with E-state index in [9.17, 15) is 14.4 Å². The van der Waals surface area contributed by atoms with Crippen LogP contribution in [0, 0.1) is 23.2 Å². The Kier molecular flexibility index (Phi) is 4.73. The molecular formula is C17H24O5. The first-order valence-electron chi connectivity index (χ1n) is 7.91. The van der Waals surface area contributed by atoms with E-state index in [1.807, 2.05) is 6.08 Å². The van der Waals surface area contributed by atoms with E-state index in [0.717, 1.165) is 0 Å². The molecule has 0 aromatic heterocycles. The number of Topliss-reactive ketones (excluding diaryl/α,β-unsaturated/α-hetero) is 1. The lowest BCUT2D eigenvalue weighted by Crippen LogP contribution is -2.54. The highest BCUT2D eigenvalue weighted by Gasteiger charge is 2.58. The topological polar surface area (TPSA) is 69.7 Å². The first-order chi connectivity index (χ1) is 10.3. The maximum Gasteiger partial charge on any atom is 0.310 e. The van der Waals surface area contributed by atoms with Gasteiger partial charge in [-0.3, -0.25) is 14.4 Å². The monoisotopic (exact) mass is 308 g/mol. The standard InChI is InChI=1S/C17H24O5/c1-5-21-15(19)12-8-11-7-10(3)14(18)17(4,9-11)13(12)16(20)22-6-2/h7,11-13H,5-6,8-9H2,1-4H3/t11-,12+,13+,17-/m1/s1. The highest BCUT2D eigenvalue weighted by molar-refractivity contribution is 6.03. The van der Waals surface area contributed by atoms with Gasteiger partial charge in [0.2, 0.25) is 0 Å². The van der Waals surface area contributed by atoms with Crippen LogP contribution in [-0.2, 0) is 23.9 Å². The van der Waals surface area contributed by atoms with Crippen LogP contribution in [0.25, 0.3) is 0 Å². The minimum atomic E-state index is -0.884. The molecule has 0 N–H and O–H groups in total. The molecule has 0 spiro atoms. The molecule has 4 atom stereocenters. The van der Waals surface area contributed by atoms with Crippen LogP contribution in [0.4, 0.5) is 0 Å². The lowest BCUT2D eigenvalue weighted by molar-refractivity contribution is -0.173. The average Bonchev–Trinajstić information content (AvgIpc) is 2.44. The van der Waals surface area contributed by atoms with Gasteiger partial charge in [-0.1, -0.05) is 13.0 Å². The molecule has 5 heteroatoms. The van der Waals surface area contributed by atoms with Gasteiger partial charge in [-0.05, 0) is 45.1 Å². The second kappa shape index (κ2) is 6.23. The van der Waals surface area contributed by atoms with Crippen LogP contribution < -0.4 is 0 Å². The van der Waals surface area contributed by atoms with Crippen molar-refractivity contribution in [1.82, 2.24) is 0 Å². The lowest BCUT2D eigenvalue weighted by atomic mass is 9.54. The maximum atomic E-state index is 12.7. The summed E-state index contributed by atoms with van der Waals surface area (Å²) in [6, 6.07) is 0. The van der Waals surface area contributed by atoms with E-state index < -0.39 is 29.2 Å². The molecule has 1 saturated carbocycles. The molecule has 122 valence electrons. The Morgan fingerprint density at radius 3 is 2.41 bits per heavy atom. The summed E-state index contributed by atoms with van der Waals surface area (Å²) in [6.45, 7) is 7.50. The third kappa shape index (κ3) is 2.69. The third-order valence-electron chi connectivity index (χ3n) is 4.82. The molecule has 0 aromatic rings. The molecule has 0 unspecified atom stereocenters. The van der Waals surface area contributed by atoms with Crippen molar-refractivity contribution < 1.29 is 23.9 Å². The zero-order chi connectivity index (χ0) is 16.5. The van der Waals surface area contributed by atoms with Crippen molar-refractivity contribution in [2.24, 2.45) is 23.2 Å². The number of rotatable bonds is 4. The van der Waals surface area contributed by atoms with Crippen LogP contribution >= 0.6 is 0 Å². The number of ether oxygens (including phenoxy) is 2. The third-order valence-corrected chi connectivity index (χ3v) is 4.82. The van der Waals surface area contributed by atoms with Crippen molar-refractivity contribution >= 4 is 17.7 Å². The van der Waals surface area contributed by atoms with E-state index in [1.165, 1.54) is 0 Å². The summed E-state index contributed by atoms with van der Waals surface area (Å²) >= 11 is 0. The van der Waals surface area contributed by atoms with Gasteiger partial charge in [-0.25, -0.2) is 0 Å². The Morgan fingerprint density at radius 1 is 1.23 bits per heavy atom. The minimum absolute atomic E-state index is 0.0594. The highest BCUT2D eigenvalue weighted by atomic mass is 16.5. The quantitative estimate of drug-likeness (QED) is 0.745. The van der Waals surface area contributed by atoms with Gasteiger partial charge >= 0.3 is 11.9 Å². The zero-order valence-corrected chi connectivity index (χ0v) is 13.7. The minimum Gasteiger partial charge on any atom is -0.466 e. The van der Waals surface area contributed by atoms with Gasteiger partial charge < -0.3 is 9.47 Å². The van der Waals surface area contributed by atoms with Crippen molar-refractivity contribution in [2.45, 2.75) is 40.5 Å². The van der Waals surface area contributed by atoms with Crippen LogP contribution in [-0.4, -0.2) is 30.9 Å². The largest absolute Gasteiger partial charge is 0.466 e. The van der Waals surface area contributed by atoms with E-state index in [1.54, 1.807) is 27.7 Å². The lowest BCUT2D eigenvalue weighted by Gasteiger charge is -2.47. The normalized spacial score (nSPS) is 33.9. The Balaban J connectivity index is 2.44. The van der Waals surface area contributed by atoms with Crippen LogP contribution in [0.5, 0.6) is 0 Å². The molecule has 1 fully saturated rings. The Hall–Kier alpha value is -1.65. The molecule has 2 rings (SSSR count). The van der Waals surface area contributed by atoms with Crippen molar-refractivity contribution in [2.75, 3.05) is 13.2 Å². The number of hydrogen-bond donors (Lipinski definition) is 0. The maximum absolute atomic E-state index is 12.7. The Labute approximate surface area is 131 Å². The summed E-state index contributed by atoms with van der Waals surface area (Å²) < 4.78 is 10.3.